The molecular formula is C30H15F3N6. The Labute approximate surface area is 221 Å². The van der Waals surface area contributed by atoms with Crippen molar-refractivity contribution in [2.45, 2.75) is 0 Å². The lowest BCUT2D eigenvalue weighted by molar-refractivity contribution is 0.620. The normalized spacial score (nSPS) is 11.8. The zero-order valence-electron chi connectivity index (χ0n) is 20.0. The van der Waals surface area contributed by atoms with Crippen molar-refractivity contribution in [1.82, 2.24) is 15.0 Å². The molecular weight excluding hydrogens is 501 g/mol. The van der Waals surface area contributed by atoms with Gasteiger partial charge >= 0.3 is 0 Å². The van der Waals surface area contributed by atoms with Gasteiger partial charge in [0.2, 0.25) is 0 Å². The molecule has 3 heterocycles. The molecule has 0 atom stereocenters. The molecule has 39 heavy (non-hydrogen) atoms. The summed E-state index contributed by atoms with van der Waals surface area (Å²) >= 11 is 0. The van der Waals surface area contributed by atoms with E-state index in [0.717, 1.165) is 18.6 Å². The van der Waals surface area contributed by atoms with Gasteiger partial charge in [-0.15, -0.1) is 0 Å². The van der Waals surface area contributed by atoms with Gasteiger partial charge in [0.15, 0.2) is 5.70 Å². The molecule has 0 amide bonds. The summed E-state index contributed by atoms with van der Waals surface area (Å²) in [5, 5.41) is 19.5. The van der Waals surface area contributed by atoms with E-state index < -0.39 is 17.5 Å². The summed E-state index contributed by atoms with van der Waals surface area (Å²) in [6.45, 7) is 7.59. The van der Waals surface area contributed by atoms with Crippen molar-refractivity contribution in [2.24, 2.45) is 0 Å². The Bertz CT molecular complexity index is 1570. The van der Waals surface area contributed by atoms with Crippen molar-refractivity contribution < 1.29 is 13.2 Å². The molecule has 0 radical (unpaired) electrons. The standard InChI is InChI=1S/C30H15F3N6/c1-36-30(26-10-29(33)18-39-15-26)7-21-3-19(5-22(11-34)24-8-27(31)16-37-13-24)2-20(4-21)6-23(12-35)25-9-28(32)17-38-14-25/h2-10,13-18H/b22-5+,23-6+,30-7-. The second-order valence-electron chi connectivity index (χ2n) is 8.09. The van der Waals surface area contributed by atoms with Crippen LogP contribution in [0.2, 0.25) is 0 Å². The highest BCUT2D eigenvalue weighted by molar-refractivity contribution is 5.93. The minimum Gasteiger partial charge on any atom is -0.262 e. The maximum atomic E-state index is 13.7. The molecule has 4 rings (SSSR count). The Kier molecular flexibility index (Phi) is 8.02. The van der Waals surface area contributed by atoms with Gasteiger partial charge < -0.3 is 0 Å². The van der Waals surface area contributed by atoms with Gasteiger partial charge in [-0.3, -0.25) is 15.0 Å². The highest BCUT2D eigenvalue weighted by atomic mass is 19.1. The molecule has 0 unspecified atom stereocenters. The fourth-order valence-electron chi connectivity index (χ4n) is 3.65. The van der Waals surface area contributed by atoms with Crippen LogP contribution in [0.3, 0.4) is 0 Å². The Morgan fingerprint density at radius 1 is 0.615 bits per heavy atom. The zero-order valence-corrected chi connectivity index (χ0v) is 20.0. The number of hydrogen-bond donors (Lipinski definition) is 0. The lowest BCUT2D eigenvalue weighted by Crippen LogP contribution is -1.90. The van der Waals surface area contributed by atoms with E-state index in [1.165, 1.54) is 55.0 Å². The lowest BCUT2D eigenvalue weighted by Gasteiger charge is -2.07. The smallest absolute Gasteiger partial charge is 0.196 e. The first kappa shape index (κ1) is 26.2. The average molecular weight is 516 g/mol. The third kappa shape index (κ3) is 6.68. The maximum Gasteiger partial charge on any atom is 0.196 e. The Balaban J connectivity index is 1.90. The van der Waals surface area contributed by atoms with Gasteiger partial charge in [0, 0.05) is 35.3 Å². The van der Waals surface area contributed by atoms with E-state index in [2.05, 4.69) is 19.8 Å². The molecule has 0 bridgehead atoms. The monoisotopic (exact) mass is 516 g/mol. The molecule has 0 spiro atoms. The van der Waals surface area contributed by atoms with E-state index in [4.69, 9.17) is 6.57 Å². The fourth-order valence-corrected chi connectivity index (χ4v) is 3.65. The van der Waals surface area contributed by atoms with Crippen molar-refractivity contribution in [2.75, 3.05) is 0 Å². The van der Waals surface area contributed by atoms with Crippen LogP contribution in [0.15, 0.2) is 73.6 Å². The fraction of sp³-hybridized carbons (Fsp3) is 0. The number of pyridine rings is 3. The number of nitrogens with zero attached hydrogens (tertiary/aromatic N) is 6. The van der Waals surface area contributed by atoms with Crippen LogP contribution in [0.5, 0.6) is 0 Å². The number of allylic oxidation sites excluding steroid dienone is 2. The molecule has 4 aromatic rings. The highest BCUT2D eigenvalue weighted by Gasteiger charge is 2.09. The first-order valence-corrected chi connectivity index (χ1v) is 11.2. The first-order chi connectivity index (χ1) is 18.9. The van der Waals surface area contributed by atoms with Gasteiger partial charge in [-0.05, 0) is 71.3 Å². The summed E-state index contributed by atoms with van der Waals surface area (Å²) < 4.78 is 41.2. The van der Waals surface area contributed by atoms with Crippen LogP contribution < -0.4 is 0 Å². The Hall–Kier alpha value is -5.85. The topological polar surface area (TPSA) is 90.6 Å². The Morgan fingerprint density at radius 2 is 1.00 bits per heavy atom. The minimum atomic E-state index is -0.610. The summed E-state index contributed by atoms with van der Waals surface area (Å²) in [7, 11) is 0. The SMILES string of the molecule is [C-]#[N+]/C(=C\c1cc(/C=C(\C#N)c2cncc(F)c2)cc(/C=C(\C#N)c2cncc(F)c2)c1)c1cncc(F)c1. The molecule has 0 N–H and O–H groups in total. The van der Waals surface area contributed by atoms with Gasteiger partial charge in [0.1, 0.15) is 17.5 Å². The van der Waals surface area contributed by atoms with Gasteiger partial charge in [0.05, 0.1) is 48.4 Å². The number of halogens is 3. The van der Waals surface area contributed by atoms with Crippen LogP contribution in [0, 0.1) is 46.7 Å². The molecule has 0 fully saturated rings. The lowest BCUT2D eigenvalue weighted by atomic mass is 9.98. The van der Waals surface area contributed by atoms with Crippen LogP contribution in [-0.4, -0.2) is 15.0 Å². The van der Waals surface area contributed by atoms with E-state index in [9.17, 15) is 23.7 Å². The molecule has 6 nitrogen and oxygen atoms in total. The molecule has 0 saturated heterocycles. The second kappa shape index (κ2) is 11.9. The van der Waals surface area contributed by atoms with Crippen LogP contribution >= 0.6 is 0 Å². The van der Waals surface area contributed by atoms with Gasteiger partial charge in [0.25, 0.3) is 0 Å². The summed E-state index contributed by atoms with van der Waals surface area (Å²) in [5.41, 5.74) is 2.55. The number of rotatable bonds is 6. The van der Waals surface area contributed by atoms with Crippen molar-refractivity contribution in [3.05, 3.63) is 136 Å². The summed E-state index contributed by atoms with van der Waals surface area (Å²) in [4.78, 5) is 14.8. The quantitative estimate of drug-likeness (QED) is 0.207. The molecule has 1 aromatic carbocycles. The summed E-state index contributed by atoms with van der Waals surface area (Å²) in [6, 6.07) is 12.6. The van der Waals surface area contributed by atoms with Gasteiger partial charge in [-0.2, -0.15) is 10.5 Å². The van der Waals surface area contributed by atoms with Crippen LogP contribution in [0.4, 0.5) is 13.2 Å². The largest absolute Gasteiger partial charge is 0.262 e. The third-order valence-electron chi connectivity index (χ3n) is 5.32. The van der Waals surface area contributed by atoms with Crippen LogP contribution in [0.25, 0.3) is 39.9 Å². The highest BCUT2D eigenvalue weighted by Crippen LogP contribution is 2.26. The molecule has 0 aliphatic heterocycles. The van der Waals surface area contributed by atoms with E-state index in [-0.39, 0.29) is 33.5 Å². The molecule has 0 saturated carbocycles. The van der Waals surface area contributed by atoms with Crippen molar-refractivity contribution in [1.29, 1.82) is 10.5 Å². The van der Waals surface area contributed by atoms with Crippen molar-refractivity contribution in [3.8, 4) is 12.1 Å². The van der Waals surface area contributed by atoms with Crippen molar-refractivity contribution in [3.63, 3.8) is 0 Å². The van der Waals surface area contributed by atoms with E-state index in [1.807, 2.05) is 12.1 Å². The molecule has 0 aliphatic carbocycles. The zero-order chi connectivity index (χ0) is 27.8. The molecule has 9 heteroatoms. The first-order valence-electron chi connectivity index (χ1n) is 11.2. The number of benzene rings is 1. The average Bonchev–Trinajstić information content (AvgIpc) is 2.93. The Morgan fingerprint density at radius 3 is 1.38 bits per heavy atom. The van der Waals surface area contributed by atoms with Crippen LogP contribution in [0.1, 0.15) is 33.4 Å². The van der Waals surface area contributed by atoms with Gasteiger partial charge in [-0.25, -0.2) is 18.0 Å². The van der Waals surface area contributed by atoms with Crippen LogP contribution in [-0.2, 0) is 0 Å². The third-order valence-corrected chi connectivity index (χ3v) is 5.32. The molecule has 186 valence electrons. The number of nitriles is 2. The summed E-state index contributed by atoms with van der Waals surface area (Å²) in [5.74, 6) is -1.82. The minimum absolute atomic E-state index is 0.0998. The maximum absolute atomic E-state index is 13.7. The predicted octanol–water partition coefficient (Wildman–Crippen LogP) is 6.83. The van der Waals surface area contributed by atoms with Crippen molar-refractivity contribution >= 4 is 35.1 Å². The van der Waals surface area contributed by atoms with E-state index in [0.29, 0.717) is 16.7 Å². The molecule has 3 aromatic heterocycles. The second-order valence-corrected chi connectivity index (χ2v) is 8.09. The van der Waals surface area contributed by atoms with E-state index in [1.54, 1.807) is 18.2 Å². The number of aromatic nitrogens is 3. The van der Waals surface area contributed by atoms with E-state index >= 15 is 0 Å². The predicted molar refractivity (Wildman–Crippen MR) is 140 cm³/mol. The summed E-state index contributed by atoms with van der Waals surface area (Å²) in [6.07, 6.45) is 11.6. The number of hydrogen-bond acceptors (Lipinski definition) is 5. The van der Waals surface area contributed by atoms with Gasteiger partial charge in [-0.1, -0.05) is 0 Å². The molecule has 0 aliphatic rings.